The van der Waals surface area contributed by atoms with Gasteiger partial charge in [-0.15, -0.1) is 0 Å². The van der Waals surface area contributed by atoms with Gasteiger partial charge in [-0.2, -0.15) is 0 Å². The Morgan fingerprint density at radius 1 is 1.22 bits per heavy atom. The topological polar surface area (TPSA) is 29.3 Å². The molecule has 0 aliphatic carbocycles. The molecule has 0 fully saturated rings. The lowest BCUT2D eigenvalue weighted by Crippen LogP contribution is -2.40. The summed E-state index contributed by atoms with van der Waals surface area (Å²) in [5, 5.41) is 0. The number of hydrogen-bond acceptors (Lipinski definition) is 2. The van der Waals surface area contributed by atoms with Gasteiger partial charge in [0.2, 0.25) is 0 Å². The van der Waals surface area contributed by atoms with Crippen molar-refractivity contribution in [3.8, 4) is 0 Å². The quantitative estimate of drug-likeness (QED) is 0.808. The van der Waals surface area contributed by atoms with Crippen molar-refractivity contribution < 1.29 is 4.39 Å². The third kappa shape index (κ3) is 3.79. The van der Waals surface area contributed by atoms with E-state index in [1.54, 1.807) is 6.07 Å². The highest BCUT2D eigenvalue weighted by Crippen LogP contribution is 2.26. The van der Waals surface area contributed by atoms with E-state index in [4.69, 9.17) is 5.73 Å². The van der Waals surface area contributed by atoms with Gasteiger partial charge < -0.3 is 10.6 Å². The third-order valence-electron chi connectivity index (χ3n) is 3.94. The van der Waals surface area contributed by atoms with Gasteiger partial charge in [-0.05, 0) is 37.9 Å². The van der Waals surface area contributed by atoms with Crippen LogP contribution in [-0.4, -0.2) is 25.0 Å². The van der Waals surface area contributed by atoms with Crippen LogP contribution < -0.4 is 5.73 Å². The molecule has 0 atom stereocenters. The minimum atomic E-state index is -0.129. The summed E-state index contributed by atoms with van der Waals surface area (Å²) in [6.45, 7) is 6.57. The molecule has 0 radical (unpaired) electrons. The molecule has 0 unspecified atom stereocenters. The minimum Gasteiger partial charge on any atom is -0.330 e. The molecule has 18 heavy (non-hydrogen) atoms. The first-order chi connectivity index (χ1) is 8.56. The van der Waals surface area contributed by atoms with Crippen LogP contribution in [0.5, 0.6) is 0 Å². The zero-order valence-electron chi connectivity index (χ0n) is 11.7. The molecule has 0 aliphatic rings. The van der Waals surface area contributed by atoms with Gasteiger partial charge in [0, 0.05) is 18.7 Å². The average molecular weight is 252 g/mol. The van der Waals surface area contributed by atoms with Gasteiger partial charge in [-0.3, -0.25) is 0 Å². The maximum absolute atomic E-state index is 13.6. The predicted octanol–water partition coefficient (Wildman–Crippen LogP) is 3.02. The van der Waals surface area contributed by atoms with E-state index in [0.717, 1.165) is 24.9 Å². The van der Waals surface area contributed by atoms with Gasteiger partial charge in [0.25, 0.3) is 0 Å². The molecule has 102 valence electrons. The predicted molar refractivity (Wildman–Crippen MR) is 74.8 cm³/mol. The van der Waals surface area contributed by atoms with E-state index in [1.807, 2.05) is 19.2 Å². The highest BCUT2D eigenvalue weighted by molar-refractivity contribution is 5.17. The Morgan fingerprint density at radius 3 is 2.33 bits per heavy atom. The van der Waals surface area contributed by atoms with Gasteiger partial charge in [-0.1, -0.05) is 32.0 Å². The smallest absolute Gasteiger partial charge is 0.127 e. The molecule has 2 N–H and O–H groups in total. The number of halogens is 1. The molecule has 2 nitrogen and oxygen atoms in total. The molecule has 0 spiro atoms. The minimum absolute atomic E-state index is 0.129. The molecule has 0 aliphatic heterocycles. The number of hydrogen-bond donors (Lipinski definition) is 1. The molecule has 1 aromatic carbocycles. The molecule has 0 saturated heterocycles. The Kier molecular flexibility index (Phi) is 5.76. The summed E-state index contributed by atoms with van der Waals surface area (Å²) in [6.07, 6.45) is 2.11. The molecule has 0 aromatic heterocycles. The maximum atomic E-state index is 13.6. The van der Waals surface area contributed by atoms with Crippen LogP contribution in [0.2, 0.25) is 0 Å². The summed E-state index contributed by atoms with van der Waals surface area (Å²) in [7, 11) is 2.03. The van der Waals surface area contributed by atoms with E-state index in [1.165, 1.54) is 6.07 Å². The number of rotatable bonds is 7. The fourth-order valence-electron chi connectivity index (χ4n) is 2.37. The van der Waals surface area contributed by atoms with Crippen molar-refractivity contribution in [2.75, 3.05) is 20.1 Å². The first kappa shape index (κ1) is 15.1. The van der Waals surface area contributed by atoms with Gasteiger partial charge in [0.1, 0.15) is 5.82 Å². The highest BCUT2D eigenvalue weighted by Gasteiger charge is 2.26. The lowest BCUT2D eigenvalue weighted by Gasteiger charge is -2.34. The maximum Gasteiger partial charge on any atom is 0.127 e. The molecule has 1 rings (SSSR count). The molecule has 1 aromatic rings. The van der Waals surface area contributed by atoms with Crippen molar-refractivity contribution in [2.45, 2.75) is 33.2 Å². The van der Waals surface area contributed by atoms with Crippen LogP contribution in [0, 0.1) is 11.2 Å². The molecule has 3 heteroatoms. The summed E-state index contributed by atoms with van der Waals surface area (Å²) in [4.78, 5) is 2.16. The number of benzene rings is 1. The van der Waals surface area contributed by atoms with Gasteiger partial charge in [0.15, 0.2) is 0 Å². The number of nitrogens with zero attached hydrogens (tertiary/aromatic N) is 1. The second-order valence-electron chi connectivity index (χ2n) is 5.17. The van der Waals surface area contributed by atoms with Crippen molar-refractivity contribution in [1.29, 1.82) is 0 Å². The number of nitrogens with two attached hydrogens (primary N) is 1. The Balaban J connectivity index is 2.66. The standard InChI is InChI=1S/C15H25FN2/c1-4-15(5-2,11-17)12-18(3)10-13-8-6-7-9-14(13)16/h6-9H,4-5,10-12,17H2,1-3H3. The molecular formula is C15H25FN2. The van der Waals surface area contributed by atoms with E-state index in [2.05, 4.69) is 18.7 Å². The molecule has 0 heterocycles. The van der Waals surface area contributed by atoms with E-state index >= 15 is 0 Å². The van der Waals surface area contributed by atoms with E-state index in [-0.39, 0.29) is 11.2 Å². The molecular weight excluding hydrogens is 227 g/mol. The molecule has 0 amide bonds. The van der Waals surface area contributed by atoms with E-state index in [9.17, 15) is 4.39 Å². The van der Waals surface area contributed by atoms with Gasteiger partial charge >= 0.3 is 0 Å². The van der Waals surface area contributed by atoms with Crippen LogP contribution in [0.3, 0.4) is 0 Å². The fourth-order valence-corrected chi connectivity index (χ4v) is 2.37. The van der Waals surface area contributed by atoms with Crippen LogP contribution >= 0.6 is 0 Å². The Morgan fingerprint density at radius 2 is 1.83 bits per heavy atom. The summed E-state index contributed by atoms with van der Waals surface area (Å²) in [5.74, 6) is -0.129. The largest absolute Gasteiger partial charge is 0.330 e. The second kappa shape index (κ2) is 6.86. The van der Waals surface area contributed by atoms with Crippen molar-refractivity contribution in [3.05, 3.63) is 35.6 Å². The van der Waals surface area contributed by atoms with Crippen LogP contribution in [-0.2, 0) is 6.54 Å². The van der Waals surface area contributed by atoms with Crippen LogP contribution in [0.4, 0.5) is 4.39 Å². The first-order valence-electron chi connectivity index (χ1n) is 6.69. The summed E-state index contributed by atoms with van der Waals surface area (Å²) >= 11 is 0. The second-order valence-corrected chi connectivity index (χ2v) is 5.17. The van der Waals surface area contributed by atoms with E-state index < -0.39 is 0 Å². The van der Waals surface area contributed by atoms with Gasteiger partial charge in [0.05, 0.1) is 0 Å². The third-order valence-corrected chi connectivity index (χ3v) is 3.94. The summed E-state index contributed by atoms with van der Waals surface area (Å²) in [6, 6.07) is 6.95. The monoisotopic (exact) mass is 252 g/mol. The highest BCUT2D eigenvalue weighted by atomic mass is 19.1. The zero-order valence-corrected chi connectivity index (χ0v) is 11.7. The van der Waals surface area contributed by atoms with Crippen LogP contribution in [0.25, 0.3) is 0 Å². The van der Waals surface area contributed by atoms with Crippen molar-refractivity contribution in [1.82, 2.24) is 4.90 Å². The van der Waals surface area contributed by atoms with Crippen LogP contribution in [0.1, 0.15) is 32.3 Å². The first-order valence-corrected chi connectivity index (χ1v) is 6.69. The van der Waals surface area contributed by atoms with Crippen molar-refractivity contribution in [3.63, 3.8) is 0 Å². The Hall–Kier alpha value is -0.930. The van der Waals surface area contributed by atoms with Crippen molar-refractivity contribution >= 4 is 0 Å². The lowest BCUT2D eigenvalue weighted by atomic mass is 9.82. The Labute approximate surface area is 110 Å². The normalized spacial score (nSPS) is 12.1. The molecule has 0 saturated carbocycles. The summed E-state index contributed by atoms with van der Waals surface area (Å²) < 4.78 is 13.6. The lowest BCUT2D eigenvalue weighted by molar-refractivity contribution is 0.161. The zero-order chi connectivity index (χ0) is 13.6. The fraction of sp³-hybridized carbons (Fsp3) is 0.600. The average Bonchev–Trinajstić information content (AvgIpc) is 2.39. The SMILES string of the molecule is CCC(CC)(CN)CN(C)Cc1ccccc1F. The van der Waals surface area contributed by atoms with Crippen molar-refractivity contribution in [2.24, 2.45) is 11.1 Å². The van der Waals surface area contributed by atoms with E-state index in [0.29, 0.717) is 13.1 Å². The van der Waals surface area contributed by atoms with Crippen LogP contribution in [0.15, 0.2) is 24.3 Å². The Bertz CT molecular complexity index is 353. The summed E-state index contributed by atoms with van der Waals surface area (Å²) in [5.41, 5.74) is 6.80. The van der Waals surface area contributed by atoms with Gasteiger partial charge in [-0.25, -0.2) is 4.39 Å². The molecule has 0 bridgehead atoms.